The SMILES string of the molecule is [2H]C([2H])([2H])c1ccc(-c2ccnc(-c3[c-]c(-c4cccc5c4nc(-c4cc(C)cc(C)c4O)n5-c4ccc(C(C)(C)CC)cc4-c4ccccc4)cc(-c4ccccc4)c3)c2)cc1.[Pt]. The van der Waals surface area contributed by atoms with Crippen molar-refractivity contribution < 1.29 is 30.3 Å². The molecule has 1 N–H and O–H groups in total. The van der Waals surface area contributed by atoms with Gasteiger partial charge in [-0.05, 0) is 102 Å². The van der Waals surface area contributed by atoms with Gasteiger partial charge in [0, 0.05) is 42.6 Å². The summed E-state index contributed by atoms with van der Waals surface area (Å²) in [6.07, 6.45) is 2.77. The topological polar surface area (TPSA) is 50.9 Å². The molecule has 0 unspecified atom stereocenters. The number of hydrogen-bond acceptors (Lipinski definition) is 3. The van der Waals surface area contributed by atoms with Gasteiger partial charge in [0.05, 0.1) is 22.3 Å². The zero-order valence-electron chi connectivity index (χ0n) is 37.9. The van der Waals surface area contributed by atoms with Crippen LogP contribution in [-0.2, 0) is 26.5 Å². The van der Waals surface area contributed by atoms with Gasteiger partial charge in [-0.25, -0.2) is 4.98 Å². The molecule has 2 heterocycles. The molecule has 0 saturated heterocycles. The van der Waals surface area contributed by atoms with E-state index in [1.807, 2.05) is 74.5 Å². The summed E-state index contributed by atoms with van der Waals surface area (Å²) in [6, 6.07) is 56.9. The molecule has 0 aliphatic rings. The molecule has 0 amide bonds. The number of phenolic OH excluding ortho intramolecular Hbond substituents is 1. The van der Waals surface area contributed by atoms with Crippen molar-refractivity contribution in [3.63, 3.8) is 0 Å². The number of aromatic hydroxyl groups is 1. The number of hydrogen-bond donors (Lipinski definition) is 1. The van der Waals surface area contributed by atoms with Gasteiger partial charge < -0.3 is 5.11 Å². The minimum atomic E-state index is -2.18. The average molecular weight is 977 g/mol. The van der Waals surface area contributed by atoms with Crippen LogP contribution in [0.1, 0.15) is 53.6 Å². The Balaban J connectivity index is 0.00000560. The second-order valence-electron chi connectivity index (χ2n) is 16.3. The maximum absolute atomic E-state index is 11.8. The van der Waals surface area contributed by atoms with Crippen molar-refractivity contribution >= 4 is 11.0 Å². The van der Waals surface area contributed by atoms with E-state index >= 15 is 0 Å². The molecule has 2 aromatic heterocycles. The van der Waals surface area contributed by atoms with E-state index in [2.05, 4.69) is 116 Å². The quantitative estimate of drug-likeness (QED) is 0.147. The van der Waals surface area contributed by atoms with Crippen molar-refractivity contribution in [2.24, 2.45) is 0 Å². The molecule has 9 rings (SSSR count). The fraction of sp³-hybridized carbons (Fsp3) is 0.143. The summed E-state index contributed by atoms with van der Waals surface area (Å²) in [5, 5.41) is 11.8. The molecular formula is C56H48N3OPt-. The Bertz CT molecular complexity index is 3140. The van der Waals surface area contributed by atoms with Crippen molar-refractivity contribution in [2.45, 2.75) is 53.3 Å². The van der Waals surface area contributed by atoms with Crippen molar-refractivity contribution in [3.8, 4) is 78.6 Å². The Kier molecular flexibility index (Phi) is 10.5. The monoisotopic (exact) mass is 976 g/mol. The third-order valence-electron chi connectivity index (χ3n) is 11.9. The molecule has 304 valence electrons. The molecule has 5 heteroatoms. The predicted molar refractivity (Wildman–Crippen MR) is 250 cm³/mol. The smallest absolute Gasteiger partial charge is 0.148 e. The van der Waals surface area contributed by atoms with Crippen molar-refractivity contribution in [1.82, 2.24) is 14.5 Å². The minimum Gasteiger partial charge on any atom is -0.507 e. The van der Waals surface area contributed by atoms with Gasteiger partial charge in [-0.2, -0.15) is 0 Å². The van der Waals surface area contributed by atoms with Crippen molar-refractivity contribution in [3.05, 3.63) is 192 Å². The Hall–Kier alpha value is -6.35. The second-order valence-corrected chi connectivity index (χ2v) is 16.3. The zero-order valence-corrected chi connectivity index (χ0v) is 37.2. The van der Waals surface area contributed by atoms with Gasteiger partial charge in [0.25, 0.3) is 0 Å². The summed E-state index contributed by atoms with van der Waals surface area (Å²) in [5.74, 6) is 0.836. The van der Waals surface area contributed by atoms with Crippen LogP contribution in [0, 0.1) is 26.8 Å². The number of benzene rings is 7. The first kappa shape index (κ1) is 37.6. The molecule has 0 bridgehead atoms. The predicted octanol–water partition coefficient (Wildman–Crippen LogP) is 14.5. The van der Waals surface area contributed by atoms with E-state index in [1.165, 1.54) is 5.56 Å². The number of fused-ring (bicyclic) bond motifs is 1. The number of rotatable bonds is 9. The van der Waals surface area contributed by atoms with E-state index in [0.717, 1.165) is 90.0 Å². The third-order valence-corrected chi connectivity index (χ3v) is 11.9. The van der Waals surface area contributed by atoms with E-state index in [0.29, 0.717) is 17.0 Å². The third kappa shape index (κ3) is 8.01. The molecule has 0 aliphatic heterocycles. The maximum Gasteiger partial charge on any atom is 0.148 e. The van der Waals surface area contributed by atoms with E-state index in [9.17, 15) is 5.11 Å². The fourth-order valence-corrected chi connectivity index (χ4v) is 8.15. The number of para-hydroxylation sites is 1. The molecule has 0 saturated carbocycles. The number of pyridine rings is 1. The Morgan fingerprint density at radius 3 is 2.07 bits per heavy atom. The van der Waals surface area contributed by atoms with Crippen LogP contribution in [0.5, 0.6) is 5.75 Å². The van der Waals surface area contributed by atoms with Gasteiger partial charge in [0.15, 0.2) is 0 Å². The number of phenols is 1. The van der Waals surface area contributed by atoms with Crippen LogP contribution < -0.4 is 0 Å². The van der Waals surface area contributed by atoms with Gasteiger partial charge in [0.1, 0.15) is 11.6 Å². The molecule has 0 spiro atoms. The molecule has 9 aromatic rings. The number of aryl methyl sites for hydroxylation is 3. The van der Waals surface area contributed by atoms with E-state index in [4.69, 9.17) is 14.1 Å². The first-order valence-corrected chi connectivity index (χ1v) is 20.5. The van der Waals surface area contributed by atoms with Crippen LogP contribution in [0.2, 0.25) is 0 Å². The van der Waals surface area contributed by atoms with Crippen LogP contribution in [-0.4, -0.2) is 19.6 Å². The zero-order chi connectivity index (χ0) is 44.0. The number of nitrogens with zero attached hydrogens (tertiary/aromatic N) is 3. The summed E-state index contributed by atoms with van der Waals surface area (Å²) >= 11 is 0. The molecule has 0 radical (unpaired) electrons. The summed E-state index contributed by atoms with van der Waals surface area (Å²) in [5.41, 5.74) is 15.9. The summed E-state index contributed by atoms with van der Waals surface area (Å²) in [4.78, 5) is 10.4. The van der Waals surface area contributed by atoms with Crippen LogP contribution in [0.4, 0.5) is 0 Å². The van der Waals surface area contributed by atoms with E-state index < -0.39 is 6.85 Å². The first-order chi connectivity index (χ1) is 30.3. The van der Waals surface area contributed by atoms with Gasteiger partial charge in [-0.1, -0.05) is 158 Å². The van der Waals surface area contributed by atoms with Crippen molar-refractivity contribution in [1.29, 1.82) is 0 Å². The Morgan fingerprint density at radius 2 is 1.34 bits per heavy atom. The molecule has 4 nitrogen and oxygen atoms in total. The molecule has 0 aliphatic carbocycles. The largest absolute Gasteiger partial charge is 0.507 e. The van der Waals surface area contributed by atoms with Gasteiger partial charge in [0.2, 0.25) is 0 Å². The standard InChI is InChI=1S/C56H48N3O.Pt/c1-7-56(5,6)46-25-26-51(48(35-46)41-17-12-9-13-18-41)59-52-20-14-19-47(53(52)58-55(59)49-30-37(3)29-38(4)54(49)60)44-31-43(39-15-10-8-11-16-39)32-45(33-44)50-34-42(27-28-57-50)40-23-21-36(2)22-24-40;/h8-32,34-35,60H,7H2,1-6H3;/q-1;/i2D3;. The molecule has 0 atom stereocenters. The molecule has 7 aromatic carbocycles. The van der Waals surface area contributed by atoms with Gasteiger partial charge in [-0.15, -0.1) is 23.8 Å². The fourth-order valence-electron chi connectivity index (χ4n) is 8.15. The van der Waals surface area contributed by atoms with E-state index in [1.54, 1.807) is 18.3 Å². The van der Waals surface area contributed by atoms with Crippen LogP contribution in [0.15, 0.2) is 164 Å². The Morgan fingerprint density at radius 1 is 0.639 bits per heavy atom. The molecular weight excluding hydrogens is 926 g/mol. The second kappa shape index (κ2) is 17.0. The van der Waals surface area contributed by atoms with E-state index in [-0.39, 0.29) is 32.2 Å². The summed E-state index contributed by atoms with van der Waals surface area (Å²) < 4.78 is 25.7. The minimum absolute atomic E-state index is 0. The van der Waals surface area contributed by atoms with Gasteiger partial charge in [-0.3, -0.25) is 9.55 Å². The van der Waals surface area contributed by atoms with Crippen molar-refractivity contribution in [2.75, 3.05) is 0 Å². The van der Waals surface area contributed by atoms with Crippen LogP contribution in [0.3, 0.4) is 0 Å². The normalized spacial score (nSPS) is 12.4. The summed E-state index contributed by atoms with van der Waals surface area (Å²) in [7, 11) is 0. The molecule has 61 heavy (non-hydrogen) atoms. The van der Waals surface area contributed by atoms with Gasteiger partial charge >= 0.3 is 0 Å². The molecule has 0 fully saturated rings. The average Bonchev–Trinajstić information content (AvgIpc) is 3.69. The Labute approximate surface area is 378 Å². The first-order valence-electron chi connectivity index (χ1n) is 22.0. The number of imidazole rings is 1. The number of aromatic nitrogens is 3. The van der Waals surface area contributed by atoms with Crippen LogP contribution in [0.25, 0.3) is 83.9 Å². The maximum atomic E-state index is 11.8. The summed E-state index contributed by atoms with van der Waals surface area (Å²) in [6.45, 7) is 8.61. The van der Waals surface area contributed by atoms with Crippen LogP contribution >= 0.6 is 0 Å².